The van der Waals surface area contributed by atoms with Crippen LogP contribution in [-0.4, -0.2) is 48.4 Å². The van der Waals surface area contributed by atoms with Gasteiger partial charge in [-0.1, -0.05) is 48.5 Å². The van der Waals surface area contributed by atoms with Crippen molar-refractivity contribution in [1.82, 2.24) is 9.80 Å². The van der Waals surface area contributed by atoms with Crippen molar-refractivity contribution >= 4 is 5.91 Å². The zero-order valence-corrected chi connectivity index (χ0v) is 19.5. The Morgan fingerprint density at radius 1 is 0.912 bits per heavy atom. The van der Waals surface area contributed by atoms with Gasteiger partial charge >= 0.3 is 6.18 Å². The molecular formula is C28H33F3N2O. The Bertz CT molecular complexity index is 981. The zero-order chi connectivity index (χ0) is 23.7. The molecule has 2 unspecified atom stereocenters. The van der Waals surface area contributed by atoms with Gasteiger partial charge in [0, 0.05) is 31.5 Å². The highest BCUT2D eigenvalue weighted by molar-refractivity contribution is 5.81. The number of alkyl halides is 3. The largest absolute Gasteiger partial charge is 0.416 e. The highest BCUT2D eigenvalue weighted by Crippen LogP contribution is 2.40. The summed E-state index contributed by atoms with van der Waals surface area (Å²) in [5.74, 6) is 1.12. The van der Waals surface area contributed by atoms with E-state index in [1.54, 1.807) is 0 Å². The molecule has 3 fully saturated rings. The Morgan fingerprint density at radius 3 is 2.32 bits per heavy atom. The van der Waals surface area contributed by atoms with Crippen molar-refractivity contribution in [2.45, 2.75) is 44.2 Å². The second-order valence-corrected chi connectivity index (χ2v) is 10.4. The summed E-state index contributed by atoms with van der Waals surface area (Å²) in [4.78, 5) is 17.2. The Morgan fingerprint density at radius 2 is 1.65 bits per heavy atom. The topological polar surface area (TPSA) is 23.6 Å². The molecule has 1 saturated carbocycles. The minimum Gasteiger partial charge on any atom is -0.341 e. The normalized spacial score (nSPS) is 24.5. The van der Waals surface area contributed by atoms with Crippen molar-refractivity contribution in [3.8, 4) is 0 Å². The fourth-order valence-corrected chi connectivity index (χ4v) is 5.80. The smallest absolute Gasteiger partial charge is 0.341 e. The van der Waals surface area contributed by atoms with E-state index in [1.807, 2.05) is 17.0 Å². The molecular weight excluding hydrogens is 437 g/mol. The van der Waals surface area contributed by atoms with E-state index in [0.29, 0.717) is 24.6 Å². The quantitative estimate of drug-likeness (QED) is 0.548. The van der Waals surface area contributed by atoms with Crippen LogP contribution in [0.15, 0.2) is 54.6 Å². The minimum absolute atomic E-state index is 0.0490. The van der Waals surface area contributed by atoms with Crippen LogP contribution in [-0.2, 0) is 17.4 Å². The molecule has 0 radical (unpaired) electrons. The fraction of sp³-hybridized carbons (Fsp3) is 0.536. The number of hydrogen-bond acceptors (Lipinski definition) is 2. The molecule has 34 heavy (non-hydrogen) atoms. The Balaban J connectivity index is 1.25. The number of piperidine rings is 1. The number of rotatable bonds is 6. The molecule has 1 amide bonds. The summed E-state index contributed by atoms with van der Waals surface area (Å²) < 4.78 is 40.1. The van der Waals surface area contributed by atoms with Gasteiger partial charge in [0.05, 0.1) is 5.56 Å². The van der Waals surface area contributed by atoms with E-state index < -0.39 is 11.7 Å². The molecule has 0 N–H and O–H groups in total. The molecule has 2 atom stereocenters. The van der Waals surface area contributed by atoms with E-state index in [-0.39, 0.29) is 23.7 Å². The van der Waals surface area contributed by atoms with Crippen LogP contribution in [0.2, 0.25) is 0 Å². The lowest BCUT2D eigenvalue weighted by atomic mass is 9.86. The molecule has 182 valence electrons. The molecule has 2 aromatic carbocycles. The molecule has 1 aliphatic carbocycles. The van der Waals surface area contributed by atoms with Gasteiger partial charge in [-0.2, -0.15) is 13.2 Å². The lowest BCUT2D eigenvalue weighted by molar-refractivity contribution is -0.137. The van der Waals surface area contributed by atoms with Crippen LogP contribution in [0.3, 0.4) is 0 Å². The van der Waals surface area contributed by atoms with Crippen molar-refractivity contribution in [3.63, 3.8) is 0 Å². The first-order valence-corrected chi connectivity index (χ1v) is 12.6. The maximum Gasteiger partial charge on any atom is 0.416 e. The summed E-state index contributed by atoms with van der Waals surface area (Å²) in [7, 11) is 0. The molecule has 0 spiro atoms. The fourth-order valence-electron chi connectivity index (χ4n) is 5.80. The predicted octanol–water partition coefficient (Wildman–Crippen LogP) is 5.61. The molecule has 0 aromatic heterocycles. The van der Waals surface area contributed by atoms with Gasteiger partial charge in [0.25, 0.3) is 0 Å². The number of nitrogens with zero attached hydrogens (tertiary/aromatic N) is 2. The zero-order valence-electron chi connectivity index (χ0n) is 19.5. The first kappa shape index (κ1) is 23.4. The van der Waals surface area contributed by atoms with Crippen LogP contribution in [0.5, 0.6) is 0 Å². The van der Waals surface area contributed by atoms with Gasteiger partial charge in [0.2, 0.25) is 5.91 Å². The van der Waals surface area contributed by atoms with Crippen molar-refractivity contribution in [1.29, 1.82) is 0 Å². The molecule has 2 aliphatic heterocycles. The Kier molecular flexibility index (Phi) is 6.70. The van der Waals surface area contributed by atoms with E-state index in [0.717, 1.165) is 57.8 Å². The van der Waals surface area contributed by atoms with E-state index in [1.165, 1.54) is 17.7 Å². The summed E-state index contributed by atoms with van der Waals surface area (Å²) >= 11 is 0. The lowest BCUT2D eigenvalue weighted by Gasteiger charge is -2.34. The van der Waals surface area contributed by atoms with Crippen LogP contribution >= 0.6 is 0 Å². The molecule has 5 rings (SSSR count). The maximum atomic E-state index is 13.4. The maximum absolute atomic E-state index is 13.4. The van der Waals surface area contributed by atoms with E-state index in [4.69, 9.17) is 0 Å². The van der Waals surface area contributed by atoms with E-state index >= 15 is 0 Å². The van der Waals surface area contributed by atoms with Crippen LogP contribution in [0, 0.1) is 17.8 Å². The number of amides is 1. The Hall–Kier alpha value is -2.34. The lowest BCUT2D eigenvalue weighted by Crippen LogP contribution is -2.39. The summed E-state index contributed by atoms with van der Waals surface area (Å²) in [6.45, 7) is 4.05. The van der Waals surface area contributed by atoms with Crippen molar-refractivity contribution in [2.75, 3.05) is 32.7 Å². The van der Waals surface area contributed by atoms with Crippen molar-refractivity contribution < 1.29 is 18.0 Å². The molecule has 0 bridgehead atoms. The number of likely N-dealkylation sites (tertiary alicyclic amines) is 2. The van der Waals surface area contributed by atoms with Crippen LogP contribution < -0.4 is 0 Å². The second-order valence-electron chi connectivity index (χ2n) is 10.4. The standard InChI is InChI=1S/C28H33F3N2O/c29-28(30,31)25-8-4-7-23(16-25)26-19-33(27(34)22-9-10-22)18-24(26)17-32-13-11-21(12-14-32)15-20-5-2-1-3-6-20/h1-8,16,21-22,24,26H,9-15,17-19H2. The van der Waals surface area contributed by atoms with Crippen LogP contribution in [0.25, 0.3) is 0 Å². The summed E-state index contributed by atoms with van der Waals surface area (Å²) in [5, 5.41) is 0. The number of carbonyl (C=O) groups is 1. The third-order valence-electron chi connectivity index (χ3n) is 7.89. The van der Waals surface area contributed by atoms with Gasteiger partial charge in [-0.05, 0) is 74.2 Å². The van der Waals surface area contributed by atoms with Gasteiger partial charge in [0.15, 0.2) is 0 Å². The molecule has 2 aromatic rings. The summed E-state index contributed by atoms with van der Waals surface area (Å²) in [6.07, 6.45) is 0.927. The van der Waals surface area contributed by atoms with Crippen LogP contribution in [0.1, 0.15) is 48.3 Å². The minimum atomic E-state index is -4.35. The Labute approximate surface area is 199 Å². The van der Waals surface area contributed by atoms with E-state index in [9.17, 15) is 18.0 Å². The van der Waals surface area contributed by atoms with Gasteiger partial charge in [-0.25, -0.2) is 0 Å². The first-order chi connectivity index (χ1) is 16.4. The molecule has 2 saturated heterocycles. The highest BCUT2D eigenvalue weighted by Gasteiger charge is 2.42. The summed E-state index contributed by atoms with van der Waals surface area (Å²) in [5.41, 5.74) is 1.50. The van der Waals surface area contributed by atoms with Gasteiger partial charge < -0.3 is 9.80 Å². The monoisotopic (exact) mass is 470 g/mol. The van der Waals surface area contributed by atoms with Gasteiger partial charge in [-0.15, -0.1) is 0 Å². The summed E-state index contributed by atoms with van der Waals surface area (Å²) in [6, 6.07) is 16.4. The van der Waals surface area contributed by atoms with Gasteiger partial charge in [-0.3, -0.25) is 4.79 Å². The molecule has 2 heterocycles. The predicted molar refractivity (Wildman–Crippen MR) is 126 cm³/mol. The average molecular weight is 471 g/mol. The molecule has 6 heteroatoms. The SMILES string of the molecule is O=C(C1CC1)N1CC(CN2CCC(Cc3ccccc3)CC2)C(c2cccc(C(F)(F)F)c2)C1. The number of benzene rings is 2. The molecule has 3 aliphatic rings. The van der Waals surface area contributed by atoms with Crippen LogP contribution in [0.4, 0.5) is 13.2 Å². The third-order valence-corrected chi connectivity index (χ3v) is 7.89. The van der Waals surface area contributed by atoms with E-state index in [2.05, 4.69) is 29.2 Å². The van der Waals surface area contributed by atoms with Crippen molar-refractivity contribution in [2.24, 2.45) is 17.8 Å². The van der Waals surface area contributed by atoms with Crippen molar-refractivity contribution in [3.05, 3.63) is 71.3 Å². The second kappa shape index (κ2) is 9.73. The number of halogens is 3. The number of carbonyl (C=O) groups excluding carboxylic acids is 1. The average Bonchev–Trinajstić information content (AvgIpc) is 3.60. The molecule has 3 nitrogen and oxygen atoms in total. The third kappa shape index (κ3) is 5.48. The first-order valence-electron chi connectivity index (χ1n) is 12.6. The number of hydrogen-bond donors (Lipinski definition) is 0. The highest BCUT2D eigenvalue weighted by atomic mass is 19.4. The van der Waals surface area contributed by atoms with Gasteiger partial charge in [0.1, 0.15) is 0 Å².